The highest BCUT2D eigenvalue weighted by Crippen LogP contribution is 2.48. The predicted molar refractivity (Wildman–Crippen MR) is 173 cm³/mol. The molecule has 232 valence electrons. The van der Waals surface area contributed by atoms with Gasteiger partial charge in [-0.3, -0.25) is 9.89 Å². The van der Waals surface area contributed by atoms with E-state index in [0.717, 1.165) is 65.0 Å². The van der Waals surface area contributed by atoms with Gasteiger partial charge in [-0.2, -0.15) is 0 Å². The number of benzene rings is 4. The molecule has 0 saturated heterocycles. The second kappa shape index (κ2) is 12.0. The number of hydrogen-bond acceptors (Lipinski definition) is 8. The molecule has 8 bridgehead atoms. The molecule has 8 rings (SSSR count). The third kappa shape index (κ3) is 5.44. The Hall–Kier alpha value is -4.69. The molecule has 8 heteroatoms. The molecule has 4 aromatic rings. The zero-order chi connectivity index (χ0) is 31.1. The van der Waals surface area contributed by atoms with Gasteiger partial charge in [0, 0.05) is 42.4 Å². The first kappa shape index (κ1) is 29.0. The van der Waals surface area contributed by atoms with Gasteiger partial charge < -0.3 is 28.8 Å². The highest BCUT2D eigenvalue weighted by Gasteiger charge is 2.32. The van der Waals surface area contributed by atoms with Crippen LogP contribution >= 0.6 is 0 Å². The van der Waals surface area contributed by atoms with Crippen LogP contribution in [0.2, 0.25) is 0 Å². The van der Waals surface area contributed by atoms with Crippen molar-refractivity contribution in [1.82, 2.24) is 4.90 Å². The second-order valence-electron chi connectivity index (χ2n) is 11.9. The highest BCUT2D eigenvalue weighted by atomic mass is 16.5. The van der Waals surface area contributed by atoms with Crippen molar-refractivity contribution in [2.75, 3.05) is 41.5 Å². The first-order valence-corrected chi connectivity index (χ1v) is 15.4. The molecule has 0 aromatic heterocycles. The predicted octanol–water partition coefficient (Wildman–Crippen LogP) is 6.46. The Labute approximate surface area is 263 Å². The number of methoxy groups -OCH3 is 3. The molecule has 0 saturated carbocycles. The Morgan fingerprint density at radius 1 is 0.800 bits per heavy atom. The van der Waals surface area contributed by atoms with Crippen LogP contribution in [-0.2, 0) is 32.3 Å². The monoisotopic (exact) mass is 606 g/mol. The van der Waals surface area contributed by atoms with E-state index in [2.05, 4.69) is 54.4 Å². The molecule has 0 aliphatic carbocycles. The summed E-state index contributed by atoms with van der Waals surface area (Å²) in [6, 6.07) is 20.4. The number of aliphatic imine (C=N–C) groups is 1. The van der Waals surface area contributed by atoms with E-state index in [0.29, 0.717) is 53.9 Å². The Bertz CT molecular complexity index is 1780. The van der Waals surface area contributed by atoms with Crippen LogP contribution in [0.25, 0.3) is 0 Å². The van der Waals surface area contributed by atoms with E-state index in [1.807, 2.05) is 18.2 Å². The molecule has 0 spiro atoms. The fourth-order valence-corrected chi connectivity index (χ4v) is 6.73. The lowest BCUT2D eigenvalue weighted by atomic mass is 9.87. The summed E-state index contributed by atoms with van der Waals surface area (Å²) in [5.41, 5.74) is 8.41. The van der Waals surface area contributed by atoms with Gasteiger partial charge >= 0.3 is 0 Å². The lowest BCUT2D eigenvalue weighted by molar-refractivity contribution is 0.216. The third-order valence-corrected chi connectivity index (χ3v) is 9.20. The minimum absolute atomic E-state index is 0.0924. The van der Waals surface area contributed by atoms with Gasteiger partial charge in [0.1, 0.15) is 6.61 Å². The lowest BCUT2D eigenvalue weighted by Gasteiger charge is -2.36. The van der Waals surface area contributed by atoms with Crippen molar-refractivity contribution in [3.63, 3.8) is 0 Å². The van der Waals surface area contributed by atoms with Crippen LogP contribution in [0.4, 0.5) is 0 Å². The van der Waals surface area contributed by atoms with Crippen LogP contribution in [0.15, 0.2) is 65.7 Å². The van der Waals surface area contributed by atoms with Gasteiger partial charge in [-0.15, -0.1) is 0 Å². The molecule has 4 aliphatic rings. The molecule has 0 amide bonds. The van der Waals surface area contributed by atoms with E-state index in [1.165, 1.54) is 5.56 Å². The van der Waals surface area contributed by atoms with E-state index in [1.54, 1.807) is 21.3 Å². The molecule has 0 unspecified atom stereocenters. The first-order valence-electron chi connectivity index (χ1n) is 15.4. The summed E-state index contributed by atoms with van der Waals surface area (Å²) >= 11 is 0. The van der Waals surface area contributed by atoms with E-state index in [9.17, 15) is 5.11 Å². The summed E-state index contributed by atoms with van der Waals surface area (Å²) in [5, 5.41) is 11.7. The Kier molecular flexibility index (Phi) is 7.75. The van der Waals surface area contributed by atoms with Crippen LogP contribution in [0.3, 0.4) is 0 Å². The summed E-state index contributed by atoms with van der Waals surface area (Å²) in [6.45, 7) is 1.88. The number of nitrogens with zero attached hydrogens (tertiary/aromatic N) is 2. The van der Waals surface area contributed by atoms with Crippen LogP contribution in [0.5, 0.6) is 40.2 Å². The van der Waals surface area contributed by atoms with Crippen molar-refractivity contribution in [2.24, 2.45) is 4.99 Å². The fourth-order valence-electron chi connectivity index (χ4n) is 6.73. The standard InChI is InChI=1S/C37H38N2O6/c1-39-14-12-26-19-34(43-4)37-36(40)35(26)29(39)16-24-9-10-30(41-2)32(17-24)45-33-20-27-25(18-31(33)42-3)11-13-38-28(27)15-22-5-7-23(8-6-22)21-44-37/h5-10,17-20,29,40H,11-16,21H2,1-4H3/t29-/m0/s1. The molecular weight excluding hydrogens is 568 g/mol. The van der Waals surface area contributed by atoms with E-state index < -0.39 is 0 Å². The van der Waals surface area contributed by atoms with Gasteiger partial charge in [0.25, 0.3) is 0 Å². The topological polar surface area (TPSA) is 82.0 Å². The molecule has 8 nitrogen and oxygen atoms in total. The maximum Gasteiger partial charge on any atom is 0.204 e. The summed E-state index contributed by atoms with van der Waals surface area (Å²) < 4.78 is 30.2. The fraction of sp³-hybridized carbons (Fsp3) is 0.324. The number of ether oxygens (including phenoxy) is 5. The number of rotatable bonds is 3. The van der Waals surface area contributed by atoms with Crippen molar-refractivity contribution in [1.29, 1.82) is 0 Å². The molecule has 1 N–H and O–H groups in total. The molecule has 4 aromatic carbocycles. The lowest BCUT2D eigenvalue weighted by Crippen LogP contribution is -2.33. The van der Waals surface area contributed by atoms with E-state index >= 15 is 0 Å². The largest absolute Gasteiger partial charge is 0.504 e. The van der Waals surface area contributed by atoms with Gasteiger partial charge in [-0.1, -0.05) is 30.3 Å². The summed E-state index contributed by atoms with van der Waals surface area (Å²) in [7, 11) is 7.02. The second-order valence-corrected chi connectivity index (χ2v) is 11.9. The van der Waals surface area contributed by atoms with Gasteiger partial charge in [0.2, 0.25) is 5.75 Å². The summed E-state index contributed by atoms with van der Waals surface area (Å²) in [6.07, 6.45) is 2.97. The molecule has 0 fully saturated rings. The molecule has 4 aliphatic heterocycles. The molecule has 45 heavy (non-hydrogen) atoms. The molecular formula is C37H38N2O6. The minimum atomic E-state index is -0.0924. The zero-order valence-corrected chi connectivity index (χ0v) is 26.2. The van der Waals surface area contributed by atoms with Gasteiger partial charge in [-0.25, -0.2) is 0 Å². The normalized spacial score (nSPS) is 17.4. The van der Waals surface area contributed by atoms with Crippen LogP contribution in [0.1, 0.15) is 45.0 Å². The number of likely N-dealkylation sites (N-methyl/N-ethyl adjacent to an activating group) is 1. The average Bonchev–Trinajstić information content (AvgIpc) is 3.06. The molecule has 4 heterocycles. The van der Waals surface area contributed by atoms with Gasteiger partial charge in [0.15, 0.2) is 34.5 Å². The third-order valence-electron chi connectivity index (χ3n) is 9.20. The van der Waals surface area contributed by atoms with Gasteiger partial charge in [-0.05, 0) is 84.5 Å². The molecule has 0 radical (unpaired) electrons. The quantitative estimate of drug-likeness (QED) is 0.287. The van der Waals surface area contributed by atoms with Crippen LogP contribution in [0, 0.1) is 0 Å². The Morgan fingerprint density at radius 2 is 1.51 bits per heavy atom. The molecule has 1 atom stereocenters. The maximum atomic E-state index is 11.7. The number of phenols is 1. The zero-order valence-electron chi connectivity index (χ0n) is 26.2. The van der Waals surface area contributed by atoms with Crippen LogP contribution < -0.4 is 23.7 Å². The SMILES string of the molecule is COc1ccc2cc1Oc1cc3c(cc1OC)CCN=C3Cc1ccc(cc1)COc1c(OC)cc3c(c1O)[C@H](C2)N(C)CC3. The van der Waals surface area contributed by atoms with E-state index in [-0.39, 0.29) is 11.8 Å². The van der Waals surface area contributed by atoms with Crippen molar-refractivity contribution < 1.29 is 28.8 Å². The Morgan fingerprint density at radius 3 is 2.29 bits per heavy atom. The number of phenolic OH excluding ortho intramolecular Hbond substituents is 1. The first-order chi connectivity index (χ1) is 21.9. The van der Waals surface area contributed by atoms with E-state index in [4.69, 9.17) is 28.7 Å². The maximum absolute atomic E-state index is 11.7. The summed E-state index contributed by atoms with van der Waals surface area (Å²) in [5.74, 6) is 3.52. The van der Waals surface area contributed by atoms with Crippen molar-refractivity contribution >= 4 is 5.71 Å². The van der Waals surface area contributed by atoms with Gasteiger partial charge in [0.05, 0.1) is 21.3 Å². The highest BCUT2D eigenvalue weighted by molar-refractivity contribution is 6.04. The number of fused-ring (bicyclic) bond motifs is 3. The van der Waals surface area contributed by atoms with Crippen molar-refractivity contribution in [3.8, 4) is 40.2 Å². The van der Waals surface area contributed by atoms with Crippen molar-refractivity contribution in [3.05, 3.63) is 99.6 Å². The minimum Gasteiger partial charge on any atom is -0.504 e. The summed E-state index contributed by atoms with van der Waals surface area (Å²) in [4.78, 5) is 7.21. The smallest absolute Gasteiger partial charge is 0.204 e. The number of aromatic hydroxyl groups is 1. The average molecular weight is 607 g/mol. The van der Waals surface area contributed by atoms with Crippen molar-refractivity contribution in [2.45, 2.75) is 38.3 Å². The Balaban J connectivity index is 1.38. The number of hydrogen-bond donors (Lipinski definition) is 1. The van der Waals surface area contributed by atoms with Crippen LogP contribution in [-0.4, -0.2) is 57.2 Å².